The summed E-state index contributed by atoms with van der Waals surface area (Å²) < 4.78 is 38.0. The molecule has 1 N–H and O–H groups in total. The third-order valence-electron chi connectivity index (χ3n) is 4.52. The Morgan fingerprint density at radius 2 is 1.80 bits per heavy atom. The number of amides is 1. The molecule has 1 aliphatic heterocycles. The lowest BCUT2D eigenvalue weighted by molar-refractivity contribution is 0.0659. The maximum Gasteiger partial charge on any atom is 0.254 e. The van der Waals surface area contributed by atoms with Gasteiger partial charge < -0.3 is 9.88 Å². The van der Waals surface area contributed by atoms with E-state index in [1.807, 2.05) is 12.1 Å². The lowest BCUT2D eigenvalue weighted by Crippen LogP contribution is -2.56. The number of nitrogens with zero attached hydrogens (tertiary/aromatic N) is 1. The summed E-state index contributed by atoms with van der Waals surface area (Å²) in [5.74, 6) is -0.675. The number of hydrogen-bond donors (Lipinski definition) is 1. The normalized spacial score (nSPS) is 15.3. The summed E-state index contributed by atoms with van der Waals surface area (Å²) in [7, 11) is -3.56. The maximum absolute atomic E-state index is 13.0. The second kappa shape index (κ2) is 5.70. The molecule has 7 heteroatoms. The summed E-state index contributed by atoms with van der Waals surface area (Å²) in [4.78, 5) is 17.2. The third kappa shape index (κ3) is 2.70. The Labute approximate surface area is 144 Å². The lowest BCUT2D eigenvalue weighted by atomic mass is 10.1. The highest BCUT2D eigenvalue weighted by Gasteiger charge is 2.40. The van der Waals surface area contributed by atoms with E-state index in [4.69, 9.17) is 0 Å². The summed E-state index contributed by atoms with van der Waals surface area (Å²) in [5, 5.41) is 0.355. The predicted octanol–water partition coefficient (Wildman–Crippen LogP) is 2.61. The fourth-order valence-electron chi connectivity index (χ4n) is 2.98. The maximum atomic E-state index is 13.0. The highest BCUT2D eigenvalue weighted by Crippen LogP contribution is 2.26. The van der Waals surface area contributed by atoms with E-state index in [-0.39, 0.29) is 23.9 Å². The van der Waals surface area contributed by atoms with E-state index in [1.165, 1.54) is 17.0 Å². The molecule has 0 unspecified atom stereocenters. The molecule has 0 bridgehead atoms. The minimum Gasteiger partial charge on any atom is -0.361 e. The van der Waals surface area contributed by atoms with Gasteiger partial charge in [-0.3, -0.25) is 4.79 Å². The van der Waals surface area contributed by atoms with Crippen molar-refractivity contribution in [1.29, 1.82) is 0 Å². The Kier molecular flexibility index (Phi) is 3.61. The van der Waals surface area contributed by atoms with Gasteiger partial charge in [0.25, 0.3) is 5.91 Å². The van der Waals surface area contributed by atoms with Gasteiger partial charge in [0.15, 0.2) is 9.84 Å². The van der Waals surface area contributed by atoms with Crippen molar-refractivity contribution in [3.8, 4) is 0 Å². The third-order valence-corrected chi connectivity index (χ3v) is 6.62. The summed E-state index contributed by atoms with van der Waals surface area (Å²) in [6.45, 7) is 0.280. The zero-order chi connectivity index (χ0) is 17.6. The van der Waals surface area contributed by atoms with E-state index < -0.39 is 20.9 Å². The zero-order valence-electron chi connectivity index (χ0n) is 13.1. The SMILES string of the molecule is O=C(c1ccc2cc[nH]c2c1)N1CC(S(=O)(=O)c2ccc(F)cc2)C1. The van der Waals surface area contributed by atoms with Crippen molar-refractivity contribution in [3.05, 3.63) is 66.1 Å². The number of aromatic amines is 1. The molecule has 1 saturated heterocycles. The van der Waals surface area contributed by atoms with Gasteiger partial charge in [-0.25, -0.2) is 12.8 Å². The number of halogens is 1. The minimum absolute atomic E-state index is 0.0822. The molecular formula is C18H15FN2O3S. The first-order valence-corrected chi connectivity index (χ1v) is 9.36. The number of carbonyl (C=O) groups excluding carboxylic acids is 1. The molecule has 2 aromatic carbocycles. The Morgan fingerprint density at radius 1 is 1.08 bits per heavy atom. The highest BCUT2D eigenvalue weighted by atomic mass is 32.2. The number of hydrogen-bond acceptors (Lipinski definition) is 3. The number of benzene rings is 2. The number of sulfone groups is 1. The Bertz CT molecular complexity index is 1050. The van der Waals surface area contributed by atoms with E-state index in [0.717, 1.165) is 23.0 Å². The van der Waals surface area contributed by atoms with Crippen LogP contribution >= 0.6 is 0 Å². The molecule has 1 fully saturated rings. The number of likely N-dealkylation sites (tertiary alicyclic amines) is 1. The Balaban J connectivity index is 1.49. The van der Waals surface area contributed by atoms with Crippen molar-refractivity contribution < 1.29 is 17.6 Å². The van der Waals surface area contributed by atoms with Crippen LogP contribution in [0.25, 0.3) is 10.9 Å². The molecule has 0 aliphatic carbocycles. The quantitative estimate of drug-likeness (QED) is 0.732. The monoisotopic (exact) mass is 358 g/mol. The molecule has 0 spiro atoms. The molecule has 4 rings (SSSR count). The minimum atomic E-state index is -3.56. The average molecular weight is 358 g/mol. The molecule has 0 radical (unpaired) electrons. The first kappa shape index (κ1) is 15.8. The molecule has 1 aliphatic rings. The molecule has 3 aromatic rings. The first-order chi connectivity index (χ1) is 11.9. The van der Waals surface area contributed by atoms with Gasteiger partial charge in [-0.2, -0.15) is 0 Å². The predicted molar refractivity (Wildman–Crippen MR) is 91.6 cm³/mol. The number of rotatable bonds is 3. The largest absolute Gasteiger partial charge is 0.361 e. The van der Waals surface area contributed by atoms with E-state index in [2.05, 4.69) is 4.98 Å². The van der Waals surface area contributed by atoms with E-state index in [9.17, 15) is 17.6 Å². The fourth-order valence-corrected chi connectivity index (χ4v) is 4.63. The molecule has 25 heavy (non-hydrogen) atoms. The van der Waals surface area contributed by atoms with Crippen LogP contribution < -0.4 is 0 Å². The fraction of sp³-hybridized carbons (Fsp3) is 0.167. The summed E-state index contributed by atoms with van der Waals surface area (Å²) in [5.41, 5.74) is 1.38. The van der Waals surface area contributed by atoms with E-state index in [1.54, 1.807) is 18.3 Å². The molecular weight excluding hydrogens is 343 g/mol. The summed E-state index contributed by atoms with van der Waals surface area (Å²) in [6, 6.07) is 12.0. The summed E-state index contributed by atoms with van der Waals surface area (Å²) >= 11 is 0. The van der Waals surface area contributed by atoms with Crippen LogP contribution in [0, 0.1) is 5.82 Å². The number of nitrogens with one attached hydrogen (secondary N) is 1. The second-order valence-corrected chi connectivity index (χ2v) is 8.34. The van der Waals surface area contributed by atoms with Crippen molar-refractivity contribution in [2.45, 2.75) is 10.1 Å². The Hall–Kier alpha value is -2.67. The zero-order valence-corrected chi connectivity index (χ0v) is 14.0. The molecule has 0 atom stereocenters. The van der Waals surface area contributed by atoms with Crippen molar-refractivity contribution in [1.82, 2.24) is 9.88 Å². The molecule has 1 amide bonds. The van der Waals surface area contributed by atoms with Gasteiger partial charge >= 0.3 is 0 Å². The van der Waals surface area contributed by atoms with E-state index >= 15 is 0 Å². The van der Waals surface area contributed by atoms with Crippen LogP contribution in [0.4, 0.5) is 4.39 Å². The van der Waals surface area contributed by atoms with Crippen LogP contribution in [0.5, 0.6) is 0 Å². The van der Waals surface area contributed by atoms with Gasteiger partial charge in [0.2, 0.25) is 0 Å². The average Bonchev–Trinajstić information content (AvgIpc) is 3.01. The number of carbonyl (C=O) groups is 1. The molecule has 5 nitrogen and oxygen atoms in total. The topological polar surface area (TPSA) is 70.2 Å². The van der Waals surface area contributed by atoms with Gasteiger partial charge in [0.05, 0.1) is 4.90 Å². The smallest absolute Gasteiger partial charge is 0.254 e. The van der Waals surface area contributed by atoms with E-state index in [0.29, 0.717) is 5.56 Å². The van der Waals surface area contributed by atoms with Crippen LogP contribution in [0.3, 0.4) is 0 Å². The second-order valence-electron chi connectivity index (χ2n) is 6.11. The van der Waals surface area contributed by atoms with Gasteiger partial charge in [0.1, 0.15) is 11.1 Å². The number of aromatic nitrogens is 1. The van der Waals surface area contributed by atoms with Crippen LogP contribution in [0.1, 0.15) is 10.4 Å². The van der Waals surface area contributed by atoms with Crippen molar-refractivity contribution in [3.63, 3.8) is 0 Å². The van der Waals surface area contributed by atoms with Gasteiger partial charge in [-0.15, -0.1) is 0 Å². The van der Waals surface area contributed by atoms with Gasteiger partial charge in [0, 0.05) is 30.4 Å². The molecule has 2 heterocycles. The molecule has 0 saturated carbocycles. The van der Waals surface area contributed by atoms with Crippen LogP contribution in [0.15, 0.2) is 59.6 Å². The highest BCUT2D eigenvalue weighted by molar-refractivity contribution is 7.92. The van der Waals surface area contributed by atoms with Crippen LogP contribution in [-0.4, -0.2) is 42.5 Å². The van der Waals surface area contributed by atoms with Crippen molar-refractivity contribution >= 4 is 26.6 Å². The lowest BCUT2D eigenvalue weighted by Gasteiger charge is -2.38. The van der Waals surface area contributed by atoms with Crippen LogP contribution in [0.2, 0.25) is 0 Å². The standard InChI is InChI=1S/C18H15FN2O3S/c19-14-3-5-15(6-4-14)25(23,24)16-10-21(11-16)18(22)13-2-1-12-7-8-20-17(12)9-13/h1-9,16,20H,10-11H2. The van der Waals surface area contributed by atoms with Crippen LogP contribution in [-0.2, 0) is 9.84 Å². The van der Waals surface area contributed by atoms with Gasteiger partial charge in [-0.1, -0.05) is 6.07 Å². The molecule has 1 aromatic heterocycles. The number of fused-ring (bicyclic) bond motifs is 1. The molecule has 128 valence electrons. The number of H-pyrrole nitrogens is 1. The first-order valence-electron chi connectivity index (χ1n) is 7.81. The Morgan fingerprint density at radius 3 is 2.52 bits per heavy atom. The van der Waals surface area contributed by atoms with Gasteiger partial charge in [-0.05, 0) is 47.9 Å². The van der Waals surface area contributed by atoms with Crippen molar-refractivity contribution in [2.75, 3.05) is 13.1 Å². The van der Waals surface area contributed by atoms with Crippen molar-refractivity contribution in [2.24, 2.45) is 0 Å². The summed E-state index contributed by atoms with van der Waals surface area (Å²) in [6.07, 6.45) is 1.80.